The van der Waals surface area contributed by atoms with Crippen LogP contribution in [0.5, 0.6) is 0 Å². The molecule has 0 aliphatic rings. The number of aryl methyl sites for hydroxylation is 1. The van der Waals surface area contributed by atoms with E-state index in [1.54, 1.807) is 18.0 Å². The van der Waals surface area contributed by atoms with Crippen molar-refractivity contribution in [1.29, 1.82) is 0 Å². The number of methoxy groups -OCH3 is 1. The second kappa shape index (κ2) is 6.53. The lowest BCUT2D eigenvalue weighted by molar-refractivity contribution is -0.140. The Morgan fingerprint density at radius 3 is 3.00 bits per heavy atom. The molecule has 0 fully saturated rings. The monoisotopic (exact) mass is 239 g/mol. The normalized spacial score (nSPS) is 12.2. The molecule has 0 saturated carbocycles. The molecule has 1 heterocycles. The third-order valence-corrected chi connectivity index (χ3v) is 3.48. The Morgan fingerprint density at radius 2 is 2.38 bits per heavy atom. The zero-order valence-electron chi connectivity index (χ0n) is 9.90. The van der Waals surface area contributed by atoms with Crippen molar-refractivity contribution in [2.75, 3.05) is 7.11 Å². The van der Waals surface area contributed by atoms with E-state index in [2.05, 4.69) is 9.72 Å². The molecule has 1 rings (SSSR count). The summed E-state index contributed by atoms with van der Waals surface area (Å²) in [6.07, 6.45) is 2.25. The number of nitrogens with zero attached hydrogens (tertiary/aromatic N) is 1. The molecule has 0 radical (unpaired) electrons. The number of rotatable bonds is 5. The van der Waals surface area contributed by atoms with Crippen LogP contribution in [0.25, 0.3) is 0 Å². The number of esters is 1. The summed E-state index contributed by atoms with van der Waals surface area (Å²) < 4.78 is 4.63. The fourth-order valence-corrected chi connectivity index (χ4v) is 2.27. The number of carbonyl (C=O) groups excluding carboxylic acids is 1. The highest BCUT2D eigenvalue weighted by atomic mass is 32.2. The second-order valence-electron chi connectivity index (χ2n) is 3.67. The van der Waals surface area contributed by atoms with Gasteiger partial charge >= 0.3 is 5.97 Å². The molecule has 0 spiro atoms. The van der Waals surface area contributed by atoms with E-state index in [9.17, 15) is 4.79 Å². The number of pyridine rings is 1. The average Bonchev–Trinajstić information content (AvgIpc) is 2.28. The third-order valence-electron chi connectivity index (χ3n) is 2.30. The first-order valence-corrected chi connectivity index (χ1v) is 6.27. The Hall–Kier alpha value is -1.03. The van der Waals surface area contributed by atoms with E-state index in [-0.39, 0.29) is 11.2 Å². The molecule has 0 aliphatic heterocycles. The van der Waals surface area contributed by atoms with Gasteiger partial charge in [0.05, 0.1) is 19.2 Å². The minimum absolute atomic E-state index is 0.155. The van der Waals surface area contributed by atoms with E-state index in [1.807, 2.05) is 26.0 Å². The summed E-state index contributed by atoms with van der Waals surface area (Å²) in [6, 6.07) is 3.98. The van der Waals surface area contributed by atoms with Gasteiger partial charge in [0.15, 0.2) is 0 Å². The van der Waals surface area contributed by atoms with Gasteiger partial charge in [-0.2, -0.15) is 11.8 Å². The average molecular weight is 239 g/mol. The fourth-order valence-electron chi connectivity index (χ4n) is 1.27. The molecule has 1 aromatic heterocycles. The predicted molar refractivity (Wildman–Crippen MR) is 66.4 cm³/mol. The summed E-state index contributed by atoms with van der Waals surface area (Å²) in [5.41, 5.74) is 2.28. The van der Waals surface area contributed by atoms with Crippen LogP contribution in [0, 0.1) is 6.92 Å². The number of ether oxygens (including phenoxy) is 1. The maximum absolute atomic E-state index is 11.0. The third kappa shape index (κ3) is 4.23. The number of aromatic nitrogens is 1. The highest BCUT2D eigenvalue weighted by Crippen LogP contribution is 2.20. The van der Waals surface area contributed by atoms with Crippen molar-refractivity contribution in [1.82, 2.24) is 4.98 Å². The summed E-state index contributed by atoms with van der Waals surface area (Å²) >= 11 is 1.72. The molecule has 0 aliphatic carbocycles. The van der Waals surface area contributed by atoms with Gasteiger partial charge in [-0.25, -0.2) is 0 Å². The Morgan fingerprint density at radius 1 is 1.62 bits per heavy atom. The zero-order valence-corrected chi connectivity index (χ0v) is 10.7. The van der Waals surface area contributed by atoms with Crippen LogP contribution in [0.3, 0.4) is 0 Å². The van der Waals surface area contributed by atoms with Crippen LogP contribution in [0.2, 0.25) is 0 Å². The van der Waals surface area contributed by atoms with Crippen LogP contribution in [-0.4, -0.2) is 23.3 Å². The molecule has 4 heteroatoms. The van der Waals surface area contributed by atoms with Crippen LogP contribution in [0.1, 0.15) is 24.6 Å². The lowest BCUT2D eigenvalue weighted by Crippen LogP contribution is -2.09. The standard InChI is InChI=1S/C12H17NO2S/c1-9-5-4-6-13-11(9)8-16-10(2)7-12(14)15-3/h4-6,10H,7-8H2,1-3H3. The Bertz CT molecular complexity index is 355. The van der Waals surface area contributed by atoms with Gasteiger partial charge in [-0.1, -0.05) is 13.0 Å². The van der Waals surface area contributed by atoms with Crippen molar-refractivity contribution in [2.45, 2.75) is 31.3 Å². The molecule has 1 aromatic rings. The van der Waals surface area contributed by atoms with Crippen LogP contribution in [0.4, 0.5) is 0 Å². The van der Waals surface area contributed by atoms with Gasteiger partial charge in [-0.15, -0.1) is 0 Å². The van der Waals surface area contributed by atoms with Gasteiger partial charge in [0.25, 0.3) is 0 Å². The molecule has 0 N–H and O–H groups in total. The number of hydrogen-bond acceptors (Lipinski definition) is 4. The van der Waals surface area contributed by atoms with E-state index in [1.165, 1.54) is 12.7 Å². The van der Waals surface area contributed by atoms with Gasteiger partial charge in [0.1, 0.15) is 0 Å². The summed E-state index contributed by atoms with van der Waals surface area (Å²) in [4.78, 5) is 15.4. The molecule has 16 heavy (non-hydrogen) atoms. The van der Waals surface area contributed by atoms with E-state index < -0.39 is 0 Å². The molecule has 1 atom stereocenters. The van der Waals surface area contributed by atoms with E-state index in [4.69, 9.17) is 0 Å². The van der Waals surface area contributed by atoms with E-state index >= 15 is 0 Å². The van der Waals surface area contributed by atoms with E-state index in [0.29, 0.717) is 6.42 Å². The van der Waals surface area contributed by atoms with Crippen LogP contribution < -0.4 is 0 Å². The summed E-state index contributed by atoms with van der Waals surface area (Å²) in [6.45, 7) is 4.08. The molecule has 0 amide bonds. The summed E-state index contributed by atoms with van der Waals surface area (Å²) in [7, 11) is 1.42. The summed E-state index contributed by atoms with van der Waals surface area (Å²) in [5, 5.41) is 0.258. The van der Waals surface area contributed by atoms with Crippen molar-refractivity contribution in [3.63, 3.8) is 0 Å². The van der Waals surface area contributed by atoms with Gasteiger partial charge in [-0.05, 0) is 18.6 Å². The van der Waals surface area contributed by atoms with Crippen molar-refractivity contribution >= 4 is 17.7 Å². The maximum Gasteiger partial charge on any atom is 0.306 e. The van der Waals surface area contributed by atoms with Crippen LogP contribution >= 0.6 is 11.8 Å². The van der Waals surface area contributed by atoms with Crippen molar-refractivity contribution in [3.8, 4) is 0 Å². The minimum Gasteiger partial charge on any atom is -0.469 e. The zero-order chi connectivity index (χ0) is 12.0. The Labute approximate surface area is 101 Å². The molecule has 3 nitrogen and oxygen atoms in total. The second-order valence-corrected chi connectivity index (χ2v) is 5.10. The largest absolute Gasteiger partial charge is 0.469 e. The first kappa shape index (κ1) is 13.0. The number of carbonyl (C=O) groups is 1. The first-order chi connectivity index (χ1) is 7.63. The van der Waals surface area contributed by atoms with Crippen molar-refractivity contribution < 1.29 is 9.53 Å². The lowest BCUT2D eigenvalue weighted by atomic mass is 10.2. The molecule has 0 aromatic carbocycles. The Balaban J connectivity index is 2.40. The number of thioether (sulfide) groups is 1. The first-order valence-electron chi connectivity index (χ1n) is 5.22. The molecule has 88 valence electrons. The van der Waals surface area contributed by atoms with Crippen LogP contribution in [-0.2, 0) is 15.3 Å². The maximum atomic E-state index is 11.0. The molecule has 1 unspecified atom stereocenters. The topological polar surface area (TPSA) is 39.2 Å². The number of hydrogen-bond donors (Lipinski definition) is 0. The highest BCUT2D eigenvalue weighted by molar-refractivity contribution is 7.99. The highest BCUT2D eigenvalue weighted by Gasteiger charge is 2.10. The van der Waals surface area contributed by atoms with Crippen LogP contribution in [0.15, 0.2) is 18.3 Å². The molecule has 0 bridgehead atoms. The predicted octanol–water partition coefficient (Wildman–Crippen LogP) is 2.57. The quantitative estimate of drug-likeness (QED) is 0.740. The molecular formula is C12H17NO2S. The molecular weight excluding hydrogens is 222 g/mol. The Kier molecular flexibility index (Phi) is 5.32. The SMILES string of the molecule is COC(=O)CC(C)SCc1ncccc1C. The smallest absolute Gasteiger partial charge is 0.306 e. The van der Waals surface area contributed by atoms with Gasteiger partial charge in [0.2, 0.25) is 0 Å². The van der Waals surface area contributed by atoms with Crippen molar-refractivity contribution in [2.24, 2.45) is 0 Å². The minimum atomic E-state index is -0.155. The van der Waals surface area contributed by atoms with Gasteiger partial charge in [0, 0.05) is 17.2 Å². The van der Waals surface area contributed by atoms with Gasteiger partial charge in [-0.3, -0.25) is 9.78 Å². The summed E-state index contributed by atoms with van der Waals surface area (Å²) in [5.74, 6) is 0.683. The van der Waals surface area contributed by atoms with Crippen molar-refractivity contribution in [3.05, 3.63) is 29.6 Å². The van der Waals surface area contributed by atoms with Gasteiger partial charge < -0.3 is 4.74 Å². The fraction of sp³-hybridized carbons (Fsp3) is 0.500. The molecule has 0 saturated heterocycles. The van der Waals surface area contributed by atoms with E-state index in [0.717, 1.165) is 11.4 Å². The lowest BCUT2D eigenvalue weighted by Gasteiger charge is -2.10.